The molecule has 0 unspecified atom stereocenters. The van der Waals surface area contributed by atoms with Crippen molar-refractivity contribution in [1.29, 1.82) is 0 Å². The Bertz CT molecular complexity index is 1180. The fraction of sp³-hybridized carbons (Fsp3) is 0.750. The summed E-state index contributed by atoms with van der Waals surface area (Å²) < 4.78 is 12.8. The number of rotatable bonds is 5. The topological polar surface area (TPSA) is 82.6 Å². The number of hydrogen-bond acceptors (Lipinski definition) is 6. The molecule has 1 aromatic rings. The third kappa shape index (κ3) is 4.66. The first-order chi connectivity index (χ1) is 19.3. The number of aliphatic hydroxyl groups excluding tert-OH is 1. The van der Waals surface area contributed by atoms with Crippen molar-refractivity contribution in [3.8, 4) is 0 Å². The summed E-state index contributed by atoms with van der Waals surface area (Å²) in [7, 11) is -0.485. The molecule has 9 heteroatoms. The number of aliphatic hydroxyl groups is 1. The fourth-order valence-electron chi connectivity index (χ4n) is 7.52. The number of carbonyl (C=O) groups is 2. The molecule has 6 rings (SSSR count). The number of piperidine rings is 2. The maximum atomic E-state index is 14.5. The van der Waals surface area contributed by atoms with Crippen LogP contribution >= 0.6 is 0 Å². The van der Waals surface area contributed by atoms with Crippen LogP contribution in [-0.2, 0) is 24.3 Å². The standard InChI is InChI=1S/C32H48BN3O5/c1-29(2,21-37)27(38)35-16-12-32(13-17-35)25-11-10-22(33-40-30(3,4)31(5,6)41-33)18-26(25)36(28(32)39)24-19-23(20-24)34-14-8-7-9-15-34/h10-11,18,23-24,37H,7-9,12-17,19-21H2,1-6H3. The predicted molar refractivity (Wildman–Crippen MR) is 160 cm³/mol. The van der Waals surface area contributed by atoms with Gasteiger partial charge in [-0.1, -0.05) is 18.6 Å². The number of likely N-dealkylation sites (tertiary alicyclic amines) is 2. The summed E-state index contributed by atoms with van der Waals surface area (Å²) in [6.07, 6.45) is 7.09. The summed E-state index contributed by atoms with van der Waals surface area (Å²) in [6.45, 7) is 15.0. The van der Waals surface area contributed by atoms with Crippen molar-refractivity contribution in [3.63, 3.8) is 0 Å². The predicted octanol–water partition coefficient (Wildman–Crippen LogP) is 3.23. The molecule has 41 heavy (non-hydrogen) atoms. The molecule has 4 aliphatic heterocycles. The Morgan fingerprint density at radius 1 is 0.976 bits per heavy atom. The number of hydrogen-bond donors (Lipinski definition) is 1. The Morgan fingerprint density at radius 2 is 1.59 bits per heavy atom. The third-order valence-corrected chi connectivity index (χ3v) is 11.2. The normalized spacial score (nSPS) is 29.1. The van der Waals surface area contributed by atoms with E-state index < -0.39 is 29.2 Å². The Morgan fingerprint density at radius 3 is 2.17 bits per heavy atom. The van der Waals surface area contributed by atoms with E-state index in [-0.39, 0.29) is 24.5 Å². The molecule has 0 radical (unpaired) electrons. The molecule has 5 aliphatic rings. The number of benzene rings is 1. The molecule has 3 saturated heterocycles. The van der Waals surface area contributed by atoms with E-state index >= 15 is 0 Å². The molecule has 1 aliphatic carbocycles. The second-order valence-electron chi connectivity index (χ2n) is 14.8. The van der Waals surface area contributed by atoms with Gasteiger partial charge in [-0.3, -0.25) is 9.59 Å². The zero-order valence-electron chi connectivity index (χ0n) is 25.9. The highest BCUT2D eigenvalue weighted by atomic mass is 16.7. The van der Waals surface area contributed by atoms with Crippen LogP contribution in [0.15, 0.2) is 18.2 Å². The summed E-state index contributed by atoms with van der Waals surface area (Å²) in [5.74, 6) is 0.144. The van der Waals surface area contributed by atoms with E-state index in [9.17, 15) is 14.7 Å². The molecule has 0 atom stereocenters. The number of carbonyl (C=O) groups excluding carboxylic acids is 2. The lowest BCUT2D eigenvalue weighted by Gasteiger charge is -2.48. The molecular weight excluding hydrogens is 517 g/mol. The number of nitrogens with zero attached hydrogens (tertiary/aromatic N) is 3. The van der Waals surface area contributed by atoms with E-state index in [1.165, 1.54) is 32.4 Å². The highest BCUT2D eigenvalue weighted by molar-refractivity contribution is 6.62. The van der Waals surface area contributed by atoms with E-state index in [1.54, 1.807) is 13.8 Å². The van der Waals surface area contributed by atoms with Gasteiger partial charge >= 0.3 is 7.12 Å². The van der Waals surface area contributed by atoms with Gasteiger partial charge in [0.05, 0.1) is 28.6 Å². The number of amides is 2. The highest BCUT2D eigenvalue weighted by Crippen LogP contribution is 2.51. The maximum absolute atomic E-state index is 14.5. The van der Waals surface area contributed by atoms with Crippen molar-refractivity contribution >= 4 is 30.1 Å². The van der Waals surface area contributed by atoms with Gasteiger partial charge in [-0.2, -0.15) is 0 Å². The minimum atomic E-state index is -0.818. The van der Waals surface area contributed by atoms with Crippen molar-refractivity contribution in [2.45, 2.75) is 115 Å². The minimum absolute atomic E-state index is 0.0446. The minimum Gasteiger partial charge on any atom is -0.399 e. The first-order valence-corrected chi connectivity index (χ1v) is 15.8. The van der Waals surface area contributed by atoms with Crippen molar-refractivity contribution < 1.29 is 24.0 Å². The van der Waals surface area contributed by atoms with Crippen LogP contribution in [0.1, 0.15) is 92.1 Å². The van der Waals surface area contributed by atoms with E-state index in [1.807, 2.05) is 4.90 Å². The average Bonchev–Trinajstić information content (AvgIpc) is 3.29. The smallest absolute Gasteiger partial charge is 0.399 e. The van der Waals surface area contributed by atoms with Gasteiger partial charge in [-0.25, -0.2) is 0 Å². The van der Waals surface area contributed by atoms with Crippen molar-refractivity contribution in [1.82, 2.24) is 9.80 Å². The Kier molecular flexibility index (Phi) is 7.16. The SMILES string of the molecule is CC(C)(CO)C(=O)N1CCC2(CC1)C(=O)N(C1CC(N3CCCCC3)C1)c1cc(B3OC(C)(C)C(C)(C)O3)ccc12. The first-order valence-electron chi connectivity index (χ1n) is 15.8. The van der Waals surface area contributed by atoms with Crippen LogP contribution in [-0.4, -0.2) is 89.9 Å². The molecular formula is C32H48BN3O5. The largest absolute Gasteiger partial charge is 0.494 e. The Balaban J connectivity index is 1.29. The molecule has 0 aromatic heterocycles. The number of fused-ring (bicyclic) bond motifs is 2. The van der Waals surface area contributed by atoms with Crippen molar-refractivity contribution in [3.05, 3.63) is 23.8 Å². The lowest BCUT2D eigenvalue weighted by atomic mass is 9.71. The quantitative estimate of drug-likeness (QED) is 0.553. The van der Waals surface area contributed by atoms with Gasteiger partial charge in [-0.05, 0) is 110 Å². The van der Waals surface area contributed by atoms with Crippen LogP contribution in [0.25, 0.3) is 0 Å². The van der Waals surface area contributed by atoms with Gasteiger partial charge in [0.2, 0.25) is 11.8 Å². The van der Waals surface area contributed by atoms with Crippen LogP contribution in [0.5, 0.6) is 0 Å². The van der Waals surface area contributed by atoms with Gasteiger partial charge < -0.3 is 29.1 Å². The molecule has 8 nitrogen and oxygen atoms in total. The lowest BCUT2D eigenvalue weighted by Crippen LogP contribution is -2.59. The van der Waals surface area contributed by atoms with Gasteiger partial charge in [0.15, 0.2) is 0 Å². The van der Waals surface area contributed by atoms with E-state index in [4.69, 9.17) is 9.31 Å². The second-order valence-corrected chi connectivity index (χ2v) is 14.8. The Labute approximate surface area is 245 Å². The summed E-state index contributed by atoms with van der Waals surface area (Å²) in [5.41, 5.74) is 0.704. The zero-order valence-corrected chi connectivity index (χ0v) is 25.9. The second kappa shape index (κ2) is 10.1. The average molecular weight is 566 g/mol. The molecule has 0 bridgehead atoms. The molecule has 1 N–H and O–H groups in total. The molecule has 4 fully saturated rings. The lowest BCUT2D eigenvalue weighted by molar-refractivity contribution is -0.145. The van der Waals surface area contributed by atoms with Gasteiger partial charge in [0.25, 0.3) is 0 Å². The third-order valence-electron chi connectivity index (χ3n) is 11.2. The van der Waals surface area contributed by atoms with Crippen molar-refractivity contribution in [2.75, 3.05) is 37.7 Å². The van der Waals surface area contributed by atoms with Gasteiger partial charge in [0, 0.05) is 30.9 Å². The van der Waals surface area contributed by atoms with Crippen LogP contribution in [0, 0.1) is 5.41 Å². The molecule has 1 saturated carbocycles. The first kappa shape index (κ1) is 29.2. The maximum Gasteiger partial charge on any atom is 0.494 e. The molecule has 1 aromatic carbocycles. The van der Waals surface area contributed by atoms with E-state index in [0.717, 1.165) is 29.6 Å². The summed E-state index contributed by atoms with van der Waals surface area (Å²) in [6, 6.07) is 7.09. The molecule has 2 amide bonds. The van der Waals surface area contributed by atoms with Crippen molar-refractivity contribution in [2.24, 2.45) is 5.41 Å². The summed E-state index contributed by atoms with van der Waals surface area (Å²) in [4.78, 5) is 34.2. The van der Waals surface area contributed by atoms with Crippen LogP contribution in [0.2, 0.25) is 0 Å². The highest BCUT2D eigenvalue weighted by Gasteiger charge is 2.57. The molecule has 1 spiro atoms. The van der Waals surface area contributed by atoms with Crippen LogP contribution < -0.4 is 10.4 Å². The fourth-order valence-corrected chi connectivity index (χ4v) is 7.52. The van der Waals surface area contributed by atoms with Gasteiger partial charge in [0.1, 0.15) is 0 Å². The Hall–Kier alpha value is -1.94. The summed E-state index contributed by atoms with van der Waals surface area (Å²) in [5, 5.41) is 9.77. The van der Waals surface area contributed by atoms with Gasteiger partial charge in [-0.15, -0.1) is 0 Å². The molecule has 224 valence electrons. The van der Waals surface area contributed by atoms with Crippen LogP contribution in [0.3, 0.4) is 0 Å². The van der Waals surface area contributed by atoms with E-state index in [2.05, 4.69) is 55.7 Å². The number of anilines is 1. The van der Waals surface area contributed by atoms with E-state index in [0.29, 0.717) is 32.0 Å². The summed E-state index contributed by atoms with van der Waals surface area (Å²) >= 11 is 0. The monoisotopic (exact) mass is 565 g/mol. The molecule has 4 heterocycles. The zero-order chi connectivity index (χ0) is 29.4. The van der Waals surface area contributed by atoms with Crippen LogP contribution in [0.4, 0.5) is 5.69 Å².